The maximum Gasteiger partial charge on any atom is 0.294 e. The highest BCUT2D eigenvalue weighted by Gasteiger charge is 2.37. The molecular formula is C45H48N4O15S5. The number of fused-ring (bicyclic) bond motifs is 2. The Morgan fingerprint density at radius 3 is 1.35 bits per heavy atom. The van der Waals surface area contributed by atoms with Gasteiger partial charge in [-0.1, -0.05) is 36.4 Å². The van der Waals surface area contributed by atoms with Crippen LogP contribution in [0.3, 0.4) is 0 Å². The van der Waals surface area contributed by atoms with Crippen LogP contribution < -0.4 is 19.4 Å². The molecule has 69 heavy (non-hydrogen) atoms. The minimum Gasteiger partial charge on any atom is -0.459 e. The van der Waals surface area contributed by atoms with Crippen LogP contribution >= 0.6 is 0 Å². The van der Waals surface area contributed by atoms with Crippen molar-refractivity contribution in [2.24, 2.45) is 0 Å². The van der Waals surface area contributed by atoms with Crippen molar-refractivity contribution in [2.75, 3.05) is 63.8 Å². The summed E-state index contributed by atoms with van der Waals surface area (Å²) < 4.78 is 127. The van der Waals surface area contributed by atoms with Crippen LogP contribution in [0, 0.1) is 0 Å². The molecule has 8 rings (SSSR count). The van der Waals surface area contributed by atoms with E-state index >= 15 is 0 Å². The Labute approximate surface area is 401 Å². The van der Waals surface area contributed by atoms with E-state index in [9.17, 15) is 51.7 Å². The zero-order chi connectivity index (χ0) is 50.9. The Balaban J connectivity index is 0.000000194. The zero-order valence-corrected chi connectivity index (χ0v) is 42.2. The molecule has 0 unspecified atom stereocenters. The van der Waals surface area contributed by atoms with Crippen molar-refractivity contribution in [1.29, 1.82) is 0 Å². The highest BCUT2D eigenvalue weighted by molar-refractivity contribution is 7.99. The van der Waals surface area contributed by atoms with E-state index in [4.69, 9.17) is 8.83 Å². The smallest absolute Gasteiger partial charge is 0.294 e. The molecule has 19 nitrogen and oxygen atoms in total. The van der Waals surface area contributed by atoms with E-state index < -0.39 is 56.0 Å². The molecule has 1 N–H and O–H groups in total. The lowest BCUT2D eigenvalue weighted by Crippen LogP contribution is -2.51. The van der Waals surface area contributed by atoms with Crippen LogP contribution in [-0.4, -0.2) is 110 Å². The monoisotopic (exact) mass is 1040 g/mol. The molecule has 2 atom stereocenters. The van der Waals surface area contributed by atoms with Gasteiger partial charge < -0.3 is 24.0 Å². The Bertz CT molecular complexity index is 3410. The molecule has 0 saturated heterocycles. The van der Waals surface area contributed by atoms with Crippen molar-refractivity contribution >= 4 is 84.5 Å². The zero-order valence-electron chi connectivity index (χ0n) is 38.1. The third-order valence-corrected chi connectivity index (χ3v) is 15.8. The number of sulfone groups is 2. The van der Waals surface area contributed by atoms with Crippen molar-refractivity contribution in [3.05, 3.63) is 133 Å². The summed E-state index contributed by atoms with van der Waals surface area (Å²) in [6, 6.07) is 30.2. The first-order chi connectivity index (χ1) is 32.0. The van der Waals surface area contributed by atoms with Crippen molar-refractivity contribution < 1.29 is 64.1 Å². The van der Waals surface area contributed by atoms with Crippen molar-refractivity contribution in [3.63, 3.8) is 0 Å². The summed E-state index contributed by atoms with van der Waals surface area (Å²) in [5.74, 6) is -0.119. The molecule has 0 radical (unpaired) electrons. The lowest BCUT2D eigenvalue weighted by Gasteiger charge is -2.40. The summed E-state index contributed by atoms with van der Waals surface area (Å²) in [4.78, 5) is 29.7. The van der Waals surface area contributed by atoms with E-state index in [0.717, 1.165) is 40.6 Å². The number of furan rings is 2. The molecule has 0 spiro atoms. The van der Waals surface area contributed by atoms with Gasteiger partial charge in [0.2, 0.25) is 10.0 Å². The van der Waals surface area contributed by atoms with Crippen LogP contribution in [0.4, 0.5) is 22.7 Å². The molecule has 2 aromatic heterocycles. The summed E-state index contributed by atoms with van der Waals surface area (Å²) in [5, 5.41) is 3.39. The van der Waals surface area contributed by atoms with Gasteiger partial charge in [-0.05, 0) is 109 Å². The fraction of sp³-hybridized carbons (Fsp3) is 0.244. The normalized spacial score (nSPS) is 16.1. The molecule has 2 aliphatic heterocycles. The van der Waals surface area contributed by atoms with Gasteiger partial charge in [-0.3, -0.25) is 13.9 Å². The Kier molecular flexibility index (Phi) is 15.1. The Morgan fingerprint density at radius 2 is 0.957 bits per heavy atom. The lowest BCUT2D eigenvalue weighted by molar-refractivity contribution is 0.0951. The van der Waals surface area contributed by atoms with Crippen molar-refractivity contribution in [3.8, 4) is 22.3 Å². The predicted octanol–water partition coefficient (Wildman–Crippen LogP) is 5.90. The van der Waals surface area contributed by atoms with Gasteiger partial charge in [0.15, 0.2) is 31.2 Å². The van der Waals surface area contributed by atoms with Gasteiger partial charge in [-0.25, -0.2) is 25.3 Å². The second kappa shape index (κ2) is 20.0. The second-order valence-electron chi connectivity index (χ2n) is 16.2. The maximum atomic E-state index is 13.1. The van der Waals surface area contributed by atoms with Gasteiger partial charge in [0.25, 0.3) is 32.1 Å². The number of carbonyl (C=O) groups excluding carboxylic acids is 2. The second-order valence-corrected chi connectivity index (χ2v) is 25.5. The van der Waals surface area contributed by atoms with Gasteiger partial charge in [0.1, 0.15) is 0 Å². The lowest BCUT2D eigenvalue weighted by atomic mass is 10.0. The summed E-state index contributed by atoms with van der Waals surface area (Å²) in [5.41, 5.74) is 5.67. The van der Waals surface area contributed by atoms with E-state index in [1.54, 1.807) is 90.7 Å². The minimum absolute atomic E-state index is 0.103. The first-order valence-corrected chi connectivity index (χ1v) is 29.7. The molecular weight excluding hydrogens is 997 g/mol. The molecule has 4 heterocycles. The standard InChI is InChI=1S/C22H22N2O6S2.C21H20N2O4S.C2H6O5S2/c1-15-14-23(22(25)21-5-4-12-30-21)20-13-17(8-11-19(20)24(15)32(3,28)29)16-6-9-18(10-7-16)31(2,26)27;1-14-13-23(21(24)20-4-3-11-27-20)19-12-16(7-10-18(19)22-14)15-5-8-17(9-6-15)28(2,25)26;1-8(3,4)7-9(2,5)6/h4-13,15H,14H2,1-3H3;3-12,14,22H,13H2,1-2H3;1-2H3/t15-;14-;/m00./s1. The number of nitrogens with one attached hydrogen (secondary N) is 1. The minimum atomic E-state index is -3.87. The van der Waals surface area contributed by atoms with E-state index in [0.29, 0.717) is 41.8 Å². The van der Waals surface area contributed by atoms with Crippen LogP contribution in [0.25, 0.3) is 22.3 Å². The summed E-state index contributed by atoms with van der Waals surface area (Å²) in [6.45, 7) is 4.42. The average molecular weight is 1050 g/mol. The number of benzene rings is 4. The first-order valence-electron chi connectivity index (χ1n) is 20.5. The van der Waals surface area contributed by atoms with Crippen molar-refractivity contribution in [1.82, 2.24) is 0 Å². The molecule has 0 bridgehead atoms. The third-order valence-electron chi connectivity index (χ3n) is 10.3. The Hall–Kier alpha value is -6.31. The summed E-state index contributed by atoms with van der Waals surface area (Å²) in [6.07, 6.45) is 7.67. The number of hydrogen-bond acceptors (Lipinski definition) is 16. The highest BCUT2D eigenvalue weighted by Crippen LogP contribution is 2.41. The largest absolute Gasteiger partial charge is 0.459 e. The van der Waals surface area contributed by atoms with Crippen LogP contribution in [0.15, 0.2) is 140 Å². The first kappa shape index (κ1) is 52.1. The molecule has 0 fully saturated rings. The number of carbonyl (C=O) groups is 2. The molecule has 4 aromatic carbocycles. The number of nitrogens with zero attached hydrogens (tertiary/aromatic N) is 3. The number of hydrogen-bond donors (Lipinski definition) is 1. The summed E-state index contributed by atoms with van der Waals surface area (Å²) >= 11 is 0. The fourth-order valence-corrected chi connectivity index (χ4v) is 11.8. The van der Waals surface area contributed by atoms with Crippen LogP contribution in [0.1, 0.15) is 35.0 Å². The number of anilines is 4. The van der Waals surface area contributed by atoms with E-state index in [1.807, 2.05) is 25.1 Å². The van der Waals surface area contributed by atoms with Gasteiger partial charge in [0.05, 0.1) is 69.9 Å². The summed E-state index contributed by atoms with van der Waals surface area (Å²) in [7, 11) is -17.9. The van der Waals surface area contributed by atoms with Crippen molar-refractivity contribution in [2.45, 2.75) is 35.7 Å². The molecule has 24 heteroatoms. The molecule has 6 aromatic rings. The molecule has 0 saturated carbocycles. The SMILES string of the molecule is CS(=O)(=O)OS(C)(=O)=O.C[C@H]1CN(C(=O)c2ccco2)c2cc(-c3ccc(S(C)(=O)=O)cc3)ccc2N1.C[C@H]1CN(C(=O)c2ccco2)c2cc(-c3ccc(S(C)(=O)=O)cc3)ccc2N1S(C)(=O)=O. The van der Waals surface area contributed by atoms with E-state index in [2.05, 4.69) is 8.95 Å². The number of amides is 2. The highest BCUT2D eigenvalue weighted by atomic mass is 32.3. The van der Waals surface area contributed by atoms with Crippen LogP contribution in [0.2, 0.25) is 0 Å². The number of sulfonamides is 1. The van der Waals surface area contributed by atoms with E-state index in [-0.39, 0.29) is 40.0 Å². The fourth-order valence-electron chi connectivity index (χ4n) is 7.49. The third kappa shape index (κ3) is 13.1. The molecule has 0 aliphatic carbocycles. The average Bonchev–Trinajstić information content (AvgIpc) is 4.00. The van der Waals surface area contributed by atoms with Crippen LogP contribution in [0.5, 0.6) is 0 Å². The molecule has 2 aliphatic rings. The van der Waals surface area contributed by atoms with Gasteiger partial charge in [-0.2, -0.15) is 16.8 Å². The topological polar surface area (TPSA) is 262 Å². The predicted molar refractivity (Wildman–Crippen MR) is 261 cm³/mol. The Morgan fingerprint density at radius 1 is 0.536 bits per heavy atom. The van der Waals surface area contributed by atoms with Gasteiger partial charge >= 0.3 is 0 Å². The van der Waals surface area contributed by atoms with Gasteiger partial charge in [-0.15, -0.1) is 3.63 Å². The molecule has 368 valence electrons. The van der Waals surface area contributed by atoms with Crippen LogP contribution in [-0.2, 0) is 53.6 Å². The quantitative estimate of drug-likeness (QED) is 0.177. The molecule has 2 amide bonds. The maximum absolute atomic E-state index is 13.1. The van der Waals surface area contributed by atoms with E-state index in [1.165, 1.54) is 40.1 Å². The number of rotatable bonds is 9. The van der Waals surface area contributed by atoms with Gasteiger partial charge in [0, 0.05) is 31.6 Å².